The summed E-state index contributed by atoms with van der Waals surface area (Å²) in [5.74, 6) is 0.857. The molecular formula is C17H17ClN6O. The van der Waals surface area contributed by atoms with Crippen LogP contribution in [0.15, 0.2) is 22.9 Å². The summed E-state index contributed by atoms with van der Waals surface area (Å²) >= 11 is 6.51. The number of rotatable bonds is 2. The number of likely N-dealkylation sites (tertiary alicyclic amines) is 1. The lowest BCUT2D eigenvalue weighted by Gasteiger charge is -2.30. The average Bonchev–Trinajstić information content (AvgIpc) is 3.24. The van der Waals surface area contributed by atoms with Crippen LogP contribution in [0.1, 0.15) is 30.2 Å². The molecule has 1 fully saturated rings. The number of nitrogens with two attached hydrogens (primary N) is 1. The van der Waals surface area contributed by atoms with E-state index in [2.05, 4.69) is 17.0 Å². The molecule has 0 saturated carbocycles. The first-order chi connectivity index (χ1) is 12.1. The van der Waals surface area contributed by atoms with Crippen molar-refractivity contribution in [2.75, 3.05) is 25.9 Å². The number of nitriles is 1. The third-order valence-corrected chi connectivity index (χ3v) is 5.07. The third kappa shape index (κ3) is 2.64. The van der Waals surface area contributed by atoms with Crippen LogP contribution in [-0.2, 0) is 0 Å². The second-order valence-corrected chi connectivity index (χ2v) is 6.78. The van der Waals surface area contributed by atoms with Crippen molar-refractivity contribution >= 4 is 23.1 Å². The van der Waals surface area contributed by atoms with Crippen molar-refractivity contribution in [2.24, 2.45) is 0 Å². The van der Waals surface area contributed by atoms with Gasteiger partial charge in [-0.15, -0.1) is 0 Å². The number of halogens is 1. The van der Waals surface area contributed by atoms with Gasteiger partial charge in [-0.1, -0.05) is 11.6 Å². The maximum Gasteiger partial charge on any atom is 0.203 e. The van der Waals surface area contributed by atoms with Gasteiger partial charge in [0.05, 0.1) is 11.9 Å². The topological polar surface area (TPSA) is 96.4 Å². The fourth-order valence-electron chi connectivity index (χ4n) is 3.41. The maximum atomic E-state index is 8.96. The quantitative estimate of drug-likeness (QED) is 0.758. The Hall–Kier alpha value is -2.56. The first-order valence-corrected chi connectivity index (χ1v) is 8.46. The molecule has 0 amide bonds. The van der Waals surface area contributed by atoms with Crippen LogP contribution in [0.4, 0.5) is 5.82 Å². The van der Waals surface area contributed by atoms with Crippen molar-refractivity contribution in [3.8, 4) is 17.2 Å². The van der Waals surface area contributed by atoms with Gasteiger partial charge in [-0.25, -0.2) is 4.98 Å². The molecule has 1 aliphatic rings. The molecule has 1 atom stereocenters. The molecule has 8 heteroatoms. The number of furan rings is 1. The first-order valence-electron chi connectivity index (χ1n) is 8.08. The predicted octanol–water partition coefficient (Wildman–Crippen LogP) is 2.91. The molecule has 0 aliphatic carbocycles. The van der Waals surface area contributed by atoms with Gasteiger partial charge in [0.25, 0.3) is 0 Å². The predicted molar refractivity (Wildman–Crippen MR) is 94.3 cm³/mol. The summed E-state index contributed by atoms with van der Waals surface area (Å²) in [5.41, 5.74) is 9.16. The highest BCUT2D eigenvalue weighted by Crippen LogP contribution is 2.36. The van der Waals surface area contributed by atoms with Crippen molar-refractivity contribution < 1.29 is 4.42 Å². The monoisotopic (exact) mass is 356 g/mol. The van der Waals surface area contributed by atoms with Gasteiger partial charge < -0.3 is 15.1 Å². The van der Waals surface area contributed by atoms with Crippen LogP contribution in [0.2, 0.25) is 5.02 Å². The highest BCUT2D eigenvalue weighted by molar-refractivity contribution is 6.33. The summed E-state index contributed by atoms with van der Waals surface area (Å²) in [6, 6.07) is 3.64. The number of likely N-dealkylation sites (N-methyl/N-ethyl adjacent to an activating group) is 1. The molecule has 3 aromatic rings. The smallest absolute Gasteiger partial charge is 0.203 e. The van der Waals surface area contributed by atoms with Crippen LogP contribution in [0.25, 0.3) is 16.8 Å². The SMILES string of the molecule is CN1CCCC(c2nc3c(-c4coc(C#N)c4)cnn3c(N)c2Cl)C1. The molecule has 4 rings (SSSR count). The minimum atomic E-state index is 0.236. The van der Waals surface area contributed by atoms with E-state index in [4.69, 9.17) is 32.0 Å². The Morgan fingerprint density at radius 3 is 3.04 bits per heavy atom. The normalized spacial score (nSPS) is 18.5. The summed E-state index contributed by atoms with van der Waals surface area (Å²) in [5, 5.41) is 13.7. The number of nitrogens with zero attached hydrogens (tertiary/aromatic N) is 5. The summed E-state index contributed by atoms with van der Waals surface area (Å²) in [6.07, 6.45) is 5.32. The van der Waals surface area contributed by atoms with E-state index in [9.17, 15) is 0 Å². The van der Waals surface area contributed by atoms with Crippen LogP contribution in [-0.4, -0.2) is 39.6 Å². The van der Waals surface area contributed by atoms with E-state index in [-0.39, 0.29) is 11.7 Å². The van der Waals surface area contributed by atoms with Crippen molar-refractivity contribution in [1.29, 1.82) is 5.26 Å². The molecule has 0 radical (unpaired) electrons. The Labute approximate surface area is 149 Å². The van der Waals surface area contributed by atoms with E-state index in [1.54, 1.807) is 12.3 Å². The van der Waals surface area contributed by atoms with E-state index in [0.29, 0.717) is 16.5 Å². The van der Waals surface area contributed by atoms with Gasteiger partial charge in [0.2, 0.25) is 5.76 Å². The Morgan fingerprint density at radius 1 is 1.48 bits per heavy atom. The zero-order chi connectivity index (χ0) is 17.6. The zero-order valence-corrected chi connectivity index (χ0v) is 14.5. The third-order valence-electron chi connectivity index (χ3n) is 4.68. The molecule has 7 nitrogen and oxygen atoms in total. The van der Waals surface area contributed by atoms with Crippen LogP contribution in [0, 0.1) is 11.3 Å². The summed E-state index contributed by atoms with van der Waals surface area (Å²) in [7, 11) is 2.10. The molecule has 0 bridgehead atoms. The van der Waals surface area contributed by atoms with E-state index in [1.165, 1.54) is 10.8 Å². The van der Waals surface area contributed by atoms with Crippen molar-refractivity contribution in [3.05, 3.63) is 35.0 Å². The largest absolute Gasteiger partial charge is 0.453 e. The molecular weight excluding hydrogens is 340 g/mol. The second-order valence-electron chi connectivity index (χ2n) is 6.40. The second kappa shape index (κ2) is 6.06. The highest BCUT2D eigenvalue weighted by atomic mass is 35.5. The molecule has 0 spiro atoms. The molecule has 1 aliphatic heterocycles. The minimum absolute atomic E-state index is 0.236. The van der Waals surface area contributed by atoms with Crippen LogP contribution in [0.3, 0.4) is 0 Å². The summed E-state index contributed by atoms with van der Waals surface area (Å²) in [6.45, 7) is 1.98. The van der Waals surface area contributed by atoms with Gasteiger partial charge in [0.1, 0.15) is 23.2 Å². The Bertz CT molecular complexity index is 985. The Morgan fingerprint density at radius 2 is 2.32 bits per heavy atom. The first kappa shape index (κ1) is 15.9. The van der Waals surface area contributed by atoms with Crippen molar-refractivity contribution in [2.45, 2.75) is 18.8 Å². The van der Waals surface area contributed by atoms with E-state index in [0.717, 1.165) is 42.8 Å². The molecule has 1 unspecified atom stereocenters. The Kier molecular flexibility index (Phi) is 3.86. The van der Waals surface area contributed by atoms with Crippen LogP contribution >= 0.6 is 11.6 Å². The molecule has 128 valence electrons. The lowest BCUT2D eigenvalue weighted by atomic mass is 9.94. The minimum Gasteiger partial charge on any atom is -0.453 e. The molecule has 2 N–H and O–H groups in total. The summed E-state index contributed by atoms with van der Waals surface area (Å²) < 4.78 is 6.75. The number of piperidine rings is 1. The zero-order valence-electron chi connectivity index (χ0n) is 13.7. The number of nitrogen functional groups attached to an aromatic ring is 1. The van der Waals surface area contributed by atoms with Gasteiger partial charge in [-0.3, -0.25) is 0 Å². The number of hydrogen-bond acceptors (Lipinski definition) is 6. The molecule has 3 aromatic heterocycles. The number of fused-ring (bicyclic) bond motifs is 1. The van der Waals surface area contributed by atoms with Crippen molar-refractivity contribution in [1.82, 2.24) is 19.5 Å². The lowest BCUT2D eigenvalue weighted by molar-refractivity contribution is 0.248. The van der Waals surface area contributed by atoms with E-state index >= 15 is 0 Å². The molecule has 25 heavy (non-hydrogen) atoms. The van der Waals surface area contributed by atoms with Gasteiger partial charge in [-0.2, -0.15) is 14.9 Å². The van der Waals surface area contributed by atoms with Gasteiger partial charge in [-0.05, 0) is 26.4 Å². The number of aromatic nitrogens is 3. The van der Waals surface area contributed by atoms with Crippen LogP contribution in [0.5, 0.6) is 0 Å². The standard InChI is InChI=1S/C17H17ClN6O/c1-23-4-2-3-10(8-23)15-14(18)16(20)24-17(22-15)13(7-21-24)11-5-12(6-19)25-9-11/h5,7,9-10H,2-4,8,20H2,1H3. The fourth-order valence-corrected chi connectivity index (χ4v) is 3.69. The summed E-state index contributed by atoms with van der Waals surface area (Å²) in [4.78, 5) is 7.08. The molecule has 1 saturated heterocycles. The van der Waals surface area contributed by atoms with Gasteiger partial charge in [0.15, 0.2) is 5.65 Å². The highest BCUT2D eigenvalue weighted by Gasteiger charge is 2.26. The molecule has 0 aromatic carbocycles. The average molecular weight is 357 g/mol. The fraction of sp³-hybridized carbons (Fsp3) is 0.353. The lowest BCUT2D eigenvalue weighted by Crippen LogP contribution is -2.31. The van der Waals surface area contributed by atoms with E-state index in [1.807, 2.05) is 6.07 Å². The van der Waals surface area contributed by atoms with E-state index < -0.39 is 0 Å². The number of hydrogen-bond donors (Lipinski definition) is 1. The Balaban J connectivity index is 1.86. The van der Waals surface area contributed by atoms with Gasteiger partial charge >= 0.3 is 0 Å². The maximum absolute atomic E-state index is 8.96. The number of anilines is 1. The molecule has 4 heterocycles. The van der Waals surface area contributed by atoms with Crippen molar-refractivity contribution in [3.63, 3.8) is 0 Å². The van der Waals surface area contributed by atoms with Crippen LogP contribution < -0.4 is 5.73 Å². The van der Waals surface area contributed by atoms with Gasteiger partial charge in [0, 0.05) is 29.7 Å².